The van der Waals surface area contributed by atoms with E-state index in [-0.39, 0.29) is 11.2 Å². The first-order valence-corrected chi connectivity index (χ1v) is 10.6. The number of benzene rings is 1. The highest BCUT2D eigenvalue weighted by molar-refractivity contribution is 7.99. The molecule has 31 heavy (non-hydrogen) atoms. The molecule has 0 spiro atoms. The molecule has 1 unspecified atom stereocenters. The maximum Gasteiger partial charge on any atom is 0.229 e. The fourth-order valence-electron chi connectivity index (χ4n) is 3.05. The predicted octanol–water partition coefficient (Wildman–Crippen LogP) is 3.32. The Balaban J connectivity index is 1.77. The van der Waals surface area contributed by atoms with E-state index in [1.807, 2.05) is 49.9 Å². The zero-order valence-electron chi connectivity index (χ0n) is 17.8. The first-order chi connectivity index (χ1) is 14.9. The lowest BCUT2D eigenvalue weighted by Gasteiger charge is -2.16. The highest BCUT2D eigenvalue weighted by Gasteiger charge is 2.22. The van der Waals surface area contributed by atoms with Crippen molar-refractivity contribution in [3.05, 3.63) is 60.2 Å². The topological polar surface area (TPSA) is 112 Å². The van der Waals surface area contributed by atoms with Crippen LogP contribution in [0.15, 0.2) is 53.9 Å². The Hall–Kier alpha value is -3.53. The van der Waals surface area contributed by atoms with E-state index in [2.05, 4.69) is 49.2 Å². The molecule has 10 heteroatoms. The van der Waals surface area contributed by atoms with E-state index in [0.29, 0.717) is 11.8 Å². The average molecular weight is 434 g/mol. The molecular weight excluding hydrogens is 410 g/mol. The van der Waals surface area contributed by atoms with Crippen LogP contribution in [0.25, 0.3) is 17.1 Å². The molecule has 0 aliphatic heterocycles. The number of para-hydroxylation sites is 1. The summed E-state index contributed by atoms with van der Waals surface area (Å²) in [6.07, 6.45) is 3.52. The van der Waals surface area contributed by atoms with Crippen molar-refractivity contribution in [3.8, 4) is 17.1 Å². The Morgan fingerprint density at radius 1 is 1.03 bits per heavy atom. The number of anilines is 2. The molecule has 0 bridgehead atoms. The average Bonchev–Trinajstić information content (AvgIpc) is 3.17. The summed E-state index contributed by atoms with van der Waals surface area (Å²) in [5.74, 6) is 2.02. The Morgan fingerprint density at radius 2 is 1.84 bits per heavy atom. The quantitative estimate of drug-likeness (QED) is 0.458. The SMILES string of the molecule is Cc1ccccc1-n1c(SC(C)c2nc(N)nc(N(C)C)n2)nnc1-c1cccnc1. The maximum absolute atomic E-state index is 5.91. The highest BCUT2D eigenvalue weighted by Crippen LogP contribution is 2.36. The molecular formula is C21H23N9S. The van der Waals surface area contributed by atoms with E-state index in [9.17, 15) is 0 Å². The molecule has 9 nitrogen and oxygen atoms in total. The van der Waals surface area contributed by atoms with E-state index in [0.717, 1.165) is 27.8 Å². The number of pyridine rings is 1. The van der Waals surface area contributed by atoms with Gasteiger partial charge < -0.3 is 10.6 Å². The van der Waals surface area contributed by atoms with Gasteiger partial charge in [0.25, 0.3) is 0 Å². The third-order valence-corrected chi connectivity index (χ3v) is 5.65. The van der Waals surface area contributed by atoms with Gasteiger partial charge >= 0.3 is 0 Å². The van der Waals surface area contributed by atoms with Gasteiger partial charge in [0.05, 0.1) is 10.9 Å². The zero-order chi connectivity index (χ0) is 22.0. The van der Waals surface area contributed by atoms with Gasteiger partial charge in [-0.05, 0) is 37.6 Å². The van der Waals surface area contributed by atoms with Crippen molar-refractivity contribution in [2.45, 2.75) is 24.3 Å². The van der Waals surface area contributed by atoms with Crippen molar-refractivity contribution in [1.29, 1.82) is 0 Å². The summed E-state index contributed by atoms with van der Waals surface area (Å²) >= 11 is 1.51. The Morgan fingerprint density at radius 3 is 2.55 bits per heavy atom. The minimum atomic E-state index is -0.127. The molecule has 2 N–H and O–H groups in total. The van der Waals surface area contributed by atoms with Crippen molar-refractivity contribution in [2.75, 3.05) is 24.7 Å². The summed E-state index contributed by atoms with van der Waals surface area (Å²) in [5, 5.41) is 9.57. The lowest BCUT2D eigenvalue weighted by atomic mass is 10.2. The van der Waals surface area contributed by atoms with E-state index >= 15 is 0 Å². The third kappa shape index (κ3) is 4.33. The molecule has 0 saturated heterocycles. The zero-order valence-corrected chi connectivity index (χ0v) is 18.6. The minimum absolute atomic E-state index is 0.127. The number of hydrogen-bond acceptors (Lipinski definition) is 9. The first kappa shape index (κ1) is 20.7. The number of nitrogens with two attached hydrogens (primary N) is 1. The largest absolute Gasteiger partial charge is 0.368 e. The fourth-order valence-corrected chi connectivity index (χ4v) is 3.95. The summed E-state index contributed by atoms with van der Waals surface area (Å²) in [6, 6.07) is 12.0. The van der Waals surface area contributed by atoms with Gasteiger partial charge in [0.1, 0.15) is 5.82 Å². The number of hydrogen-bond donors (Lipinski definition) is 1. The number of nitrogen functional groups attached to an aromatic ring is 1. The van der Waals surface area contributed by atoms with E-state index in [4.69, 9.17) is 5.73 Å². The van der Waals surface area contributed by atoms with Crippen LogP contribution in [0.3, 0.4) is 0 Å². The summed E-state index contributed by atoms with van der Waals surface area (Å²) in [6.45, 7) is 4.08. The predicted molar refractivity (Wildman–Crippen MR) is 122 cm³/mol. The molecule has 1 atom stereocenters. The summed E-state index contributed by atoms with van der Waals surface area (Å²) in [5.41, 5.74) is 8.91. The van der Waals surface area contributed by atoms with Gasteiger partial charge in [0.2, 0.25) is 11.9 Å². The van der Waals surface area contributed by atoms with E-state index in [1.165, 1.54) is 11.8 Å². The van der Waals surface area contributed by atoms with Crippen LogP contribution in [-0.4, -0.2) is 48.8 Å². The number of aryl methyl sites for hydroxylation is 1. The molecule has 3 aromatic heterocycles. The normalized spacial score (nSPS) is 12.0. The molecule has 0 aliphatic carbocycles. The number of thioether (sulfide) groups is 1. The van der Waals surface area contributed by atoms with Crippen LogP contribution >= 0.6 is 11.8 Å². The van der Waals surface area contributed by atoms with Crippen molar-refractivity contribution in [2.24, 2.45) is 0 Å². The van der Waals surface area contributed by atoms with Crippen LogP contribution in [0, 0.1) is 6.92 Å². The lowest BCUT2D eigenvalue weighted by molar-refractivity contribution is 0.841. The Bertz CT molecular complexity index is 1190. The first-order valence-electron chi connectivity index (χ1n) is 9.71. The summed E-state index contributed by atoms with van der Waals surface area (Å²) in [7, 11) is 3.73. The second-order valence-corrected chi connectivity index (χ2v) is 8.48. The molecule has 0 fully saturated rings. The monoisotopic (exact) mass is 433 g/mol. The molecule has 1 aromatic carbocycles. The van der Waals surface area contributed by atoms with Gasteiger partial charge in [-0.15, -0.1) is 10.2 Å². The molecule has 0 saturated carbocycles. The van der Waals surface area contributed by atoms with Gasteiger partial charge in [-0.3, -0.25) is 9.55 Å². The molecule has 3 heterocycles. The van der Waals surface area contributed by atoms with Crippen LogP contribution < -0.4 is 10.6 Å². The van der Waals surface area contributed by atoms with Crippen LogP contribution in [0.4, 0.5) is 11.9 Å². The molecule has 4 rings (SSSR count). The van der Waals surface area contributed by atoms with Crippen LogP contribution in [0.5, 0.6) is 0 Å². The Kier molecular flexibility index (Phi) is 5.81. The minimum Gasteiger partial charge on any atom is -0.368 e. The standard InChI is InChI=1S/C21H23N9S/c1-13-8-5-6-10-16(13)30-18(15-9-7-11-23-12-15)27-28-21(30)31-14(2)17-24-19(22)26-20(25-17)29(3)4/h5-12,14H,1-4H3,(H2,22,24,25,26). The summed E-state index contributed by atoms with van der Waals surface area (Å²) < 4.78 is 2.05. The Labute approximate surface area is 184 Å². The maximum atomic E-state index is 5.91. The molecule has 158 valence electrons. The molecule has 0 radical (unpaired) electrons. The van der Waals surface area contributed by atoms with Crippen molar-refractivity contribution in [3.63, 3.8) is 0 Å². The second kappa shape index (κ2) is 8.68. The second-order valence-electron chi connectivity index (χ2n) is 7.18. The molecule has 0 aliphatic rings. The van der Waals surface area contributed by atoms with Crippen molar-refractivity contribution >= 4 is 23.7 Å². The molecule has 0 amide bonds. The highest BCUT2D eigenvalue weighted by atomic mass is 32.2. The lowest BCUT2D eigenvalue weighted by Crippen LogP contribution is -2.16. The van der Waals surface area contributed by atoms with E-state index < -0.39 is 0 Å². The van der Waals surface area contributed by atoms with Crippen molar-refractivity contribution in [1.82, 2.24) is 34.7 Å². The summed E-state index contributed by atoms with van der Waals surface area (Å²) in [4.78, 5) is 19.1. The number of rotatable bonds is 6. The van der Waals surface area contributed by atoms with Crippen LogP contribution in [-0.2, 0) is 0 Å². The number of nitrogens with zero attached hydrogens (tertiary/aromatic N) is 8. The smallest absolute Gasteiger partial charge is 0.229 e. The molecule has 4 aromatic rings. The van der Waals surface area contributed by atoms with Crippen molar-refractivity contribution < 1.29 is 0 Å². The van der Waals surface area contributed by atoms with Crippen LogP contribution in [0.2, 0.25) is 0 Å². The number of aromatic nitrogens is 7. The van der Waals surface area contributed by atoms with Gasteiger partial charge in [-0.25, -0.2) is 0 Å². The van der Waals surface area contributed by atoms with E-state index in [1.54, 1.807) is 17.3 Å². The van der Waals surface area contributed by atoms with Gasteiger partial charge in [-0.1, -0.05) is 30.0 Å². The fraction of sp³-hybridized carbons (Fsp3) is 0.238. The van der Waals surface area contributed by atoms with Gasteiger partial charge in [0, 0.05) is 32.1 Å². The third-order valence-electron chi connectivity index (χ3n) is 4.61. The van der Waals surface area contributed by atoms with Gasteiger partial charge in [0.15, 0.2) is 11.0 Å². The van der Waals surface area contributed by atoms with Crippen LogP contribution in [0.1, 0.15) is 23.6 Å². The van der Waals surface area contributed by atoms with Gasteiger partial charge in [-0.2, -0.15) is 15.0 Å².